The molecule has 2 heterocycles. The summed E-state index contributed by atoms with van der Waals surface area (Å²) in [5, 5.41) is 8.14. The van der Waals surface area contributed by atoms with Gasteiger partial charge in [0.1, 0.15) is 0 Å². The van der Waals surface area contributed by atoms with Crippen molar-refractivity contribution in [2.45, 2.75) is 26.3 Å². The Morgan fingerprint density at radius 2 is 1.16 bits per heavy atom. The van der Waals surface area contributed by atoms with Crippen LogP contribution in [0.2, 0.25) is 0 Å². The van der Waals surface area contributed by atoms with Gasteiger partial charge in [-0.3, -0.25) is 15.3 Å². The number of para-hydroxylation sites is 2. The molecule has 0 aliphatic carbocycles. The van der Waals surface area contributed by atoms with Crippen LogP contribution in [0, 0.1) is 31.0 Å². The molecule has 0 bridgehead atoms. The largest absolute Gasteiger partial charge is 0.414 e. The van der Waals surface area contributed by atoms with Crippen LogP contribution in [0.4, 0.5) is 0 Å². The third-order valence-corrected chi connectivity index (χ3v) is 4.14. The van der Waals surface area contributed by atoms with E-state index in [1.165, 1.54) is 0 Å². The monoisotopic (exact) mass is 663 g/mol. The van der Waals surface area contributed by atoms with Crippen molar-refractivity contribution < 1.29 is 29.5 Å². The molecule has 0 unspecified atom stereocenters. The second-order valence-corrected chi connectivity index (χ2v) is 8.17. The van der Waals surface area contributed by atoms with Crippen LogP contribution in [0.3, 0.4) is 0 Å². The van der Waals surface area contributed by atoms with Gasteiger partial charge >= 0.3 is 0 Å². The predicted molar refractivity (Wildman–Crippen MR) is 139 cm³/mol. The first-order valence-electron chi connectivity index (χ1n) is 11.2. The molecule has 0 N–H and O–H groups in total. The maximum atomic E-state index is 6.69. The van der Waals surface area contributed by atoms with Crippen LogP contribution in [0.5, 0.6) is 0 Å². The molecule has 37 heavy (non-hydrogen) atoms. The molecule has 3 aromatic carbocycles. The van der Waals surface area contributed by atoms with Gasteiger partial charge in [0.25, 0.3) is 0 Å². The van der Waals surface area contributed by atoms with Crippen molar-refractivity contribution in [3.63, 3.8) is 0 Å². The van der Waals surface area contributed by atoms with Gasteiger partial charge in [-0.2, -0.15) is 36.4 Å². The Balaban J connectivity index is 0.000000252. The third kappa shape index (κ3) is 12.9. The van der Waals surface area contributed by atoms with Crippen LogP contribution in [0.25, 0.3) is 16.2 Å². The molecule has 5 nitrogen and oxygen atoms in total. The average molecular weight is 663 g/mol. The Hall–Kier alpha value is -4.22. The topological polar surface area (TPSA) is 40.3 Å². The Morgan fingerprint density at radius 3 is 1.43 bits per heavy atom. The summed E-state index contributed by atoms with van der Waals surface area (Å²) in [5.74, 6) is 2.28. The normalized spacial score (nSPS) is 9.22. The molecule has 0 saturated heterocycles. The molecular formula is C31H28IrN5-3. The zero-order chi connectivity index (χ0) is 26.1. The molecule has 1 radical (unpaired) electrons. The minimum Gasteiger partial charge on any atom is -0.414 e. The van der Waals surface area contributed by atoms with Gasteiger partial charge in [-0.25, -0.2) is 6.57 Å². The van der Waals surface area contributed by atoms with Crippen LogP contribution in [-0.2, 0) is 20.1 Å². The third-order valence-electron chi connectivity index (χ3n) is 4.14. The molecule has 0 fully saturated rings. The maximum absolute atomic E-state index is 6.69. The van der Waals surface area contributed by atoms with E-state index < -0.39 is 0 Å². The van der Waals surface area contributed by atoms with Crippen molar-refractivity contribution in [3.8, 4) is 17.3 Å². The van der Waals surface area contributed by atoms with Gasteiger partial charge in [0, 0.05) is 40.9 Å². The minimum atomic E-state index is -0.167. The summed E-state index contributed by atoms with van der Waals surface area (Å²) in [6.07, 6.45) is 14.0. The van der Waals surface area contributed by atoms with Crippen molar-refractivity contribution in [2.24, 2.45) is 0 Å². The molecular weight excluding hydrogens is 635 g/mol. The van der Waals surface area contributed by atoms with Gasteiger partial charge in [0.2, 0.25) is 5.54 Å². The first-order chi connectivity index (χ1) is 17.4. The second kappa shape index (κ2) is 17.2. The van der Waals surface area contributed by atoms with Gasteiger partial charge in [0.05, 0.1) is 11.4 Å². The number of rotatable bonds is 2. The van der Waals surface area contributed by atoms with Crippen molar-refractivity contribution in [3.05, 3.63) is 151 Å². The van der Waals surface area contributed by atoms with E-state index in [9.17, 15) is 0 Å². The number of nitrogens with zero attached hydrogens (tertiary/aromatic N) is 5. The summed E-state index contributed by atoms with van der Waals surface area (Å²) in [5.41, 5.74) is 2.60. The SMILES string of the molecule is [C-]#Cc1ccccc1.[C-]#[N+]C(C)(C)C.[Ir].[c-]1ccccc1-[n+]1ccc[n-]1.[c-]1ccccc1-[n+]1ccc[n-]1. The van der Waals surface area contributed by atoms with Crippen LogP contribution in [-0.4, -0.2) is 5.54 Å². The molecule has 5 aromatic rings. The fourth-order valence-electron chi connectivity index (χ4n) is 2.40. The molecule has 0 aliphatic rings. The quantitative estimate of drug-likeness (QED) is 0.155. The molecule has 2 aromatic heterocycles. The van der Waals surface area contributed by atoms with E-state index in [2.05, 4.69) is 33.1 Å². The molecule has 0 amide bonds. The molecule has 5 rings (SSSR count). The van der Waals surface area contributed by atoms with E-state index in [1.807, 2.05) is 124 Å². The smallest absolute Gasteiger partial charge is 0.224 e. The van der Waals surface area contributed by atoms with E-state index in [-0.39, 0.29) is 25.6 Å². The van der Waals surface area contributed by atoms with Crippen molar-refractivity contribution in [2.75, 3.05) is 0 Å². The van der Waals surface area contributed by atoms with Crippen LogP contribution >= 0.6 is 0 Å². The summed E-state index contributed by atoms with van der Waals surface area (Å²) >= 11 is 0. The fraction of sp³-hybridized carbons (Fsp3) is 0.129. The zero-order valence-electron chi connectivity index (χ0n) is 21.0. The number of hydrogen-bond acceptors (Lipinski definition) is 0. The van der Waals surface area contributed by atoms with Crippen molar-refractivity contribution >= 4 is 0 Å². The van der Waals surface area contributed by atoms with Gasteiger partial charge in [-0.15, -0.1) is 54.4 Å². The minimum absolute atomic E-state index is 0. The molecule has 0 atom stereocenters. The molecule has 0 spiro atoms. The molecule has 0 saturated carbocycles. The number of hydrogen-bond donors (Lipinski definition) is 0. The first-order valence-corrected chi connectivity index (χ1v) is 11.2. The summed E-state index contributed by atoms with van der Waals surface area (Å²) in [4.78, 5) is 3.27. The van der Waals surface area contributed by atoms with Crippen molar-refractivity contribution in [1.29, 1.82) is 0 Å². The number of aromatic nitrogens is 4. The summed E-state index contributed by atoms with van der Waals surface area (Å²) < 4.78 is 3.56. The molecule has 189 valence electrons. The first kappa shape index (κ1) is 30.8. The average Bonchev–Trinajstić information content (AvgIpc) is 3.66. The predicted octanol–water partition coefficient (Wildman–Crippen LogP) is 4.77. The summed E-state index contributed by atoms with van der Waals surface area (Å²) in [6.45, 7) is 12.1. The Kier molecular flexibility index (Phi) is 14.4. The molecule has 0 aliphatic heterocycles. The van der Waals surface area contributed by atoms with E-state index >= 15 is 0 Å². The zero-order valence-corrected chi connectivity index (χ0v) is 23.4. The van der Waals surface area contributed by atoms with Crippen LogP contribution < -0.4 is 19.6 Å². The van der Waals surface area contributed by atoms with Crippen LogP contribution in [0.15, 0.2) is 116 Å². The van der Waals surface area contributed by atoms with Gasteiger partial charge in [-0.05, 0) is 12.1 Å². The Labute approximate surface area is 234 Å². The Bertz CT molecular complexity index is 1230. The van der Waals surface area contributed by atoms with Crippen LogP contribution in [0.1, 0.15) is 26.3 Å². The van der Waals surface area contributed by atoms with E-state index in [0.717, 1.165) is 16.9 Å². The van der Waals surface area contributed by atoms with E-state index in [4.69, 9.17) is 13.0 Å². The van der Waals surface area contributed by atoms with Crippen molar-refractivity contribution in [1.82, 2.24) is 10.2 Å². The van der Waals surface area contributed by atoms with E-state index in [0.29, 0.717) is 0 Å². The maximum Gasteiger partial charge on any atom is 0.224 e. The summed E-state index contributed by atoms with van der Waals surface area (Å²) in [7, 11) is 0. The standard InChI is InChI=1S/2C9H7N2.C8H5.C5H9N.Ir/c2*1-2-5-9(6-3-1)11-8-4-7-10-11;1-2-8-6-4-3-5-7-8;1-5(2,3)6-4;/h2*1-5,7-8H;3-7H;1-3H3;/q3*-1;;. The Morgan fingerprint density at radius 1 is 0.730 bits per heavy atom. The second-order valence-electron chi connectivity index (χ2n) is 8.17. The van der Waals surface area contributed by atoms with E-state index in [1.54, 1.807) is 21.8 Å². The fourth-order valence-corrected chi connectivity index (χ4v) is 2.40. The van der Waals surface area contributed by atoms with Gasteiger partial charge in [-0.1, -0.05) is 18.2 Å². The molecule has 6 heteroatoms. The number of benzene rings is 3. The summed E-state index contributed by atoms with van der Waals surface area (Å²) in [6, 6.07) is 34.8. The van der Waals surface area contributed by atoms with Gasteiger partial charge < -0.3 is 21.5 Å². The van der Waals surface area contributed by atoms with Gasteiger partial charge in [0.15, 0.2) is 12.4 Å².